The molecule has 0 saturated carbocycles. The fraction of sp³-hybridized carbons (Fsp3) is 0.600. The highest BCUT2D eigenvalue weighted by Gasteiger charge is 2.20. The molecule has 0 aliphatic carbocycles. The quantitative estimate of drug-likeness (QED) is 0.758. The van der Waals surface area contributed by atoms with Crippen LogP contribution >= 0.6 is 22.9 Å². The molecule has 0 N–H and O–H groups in total. The topological polar surface area (TPSA) is 32.3 Å². The van der Waals surface area contributed by atoms with Gasteiger partial charge in [0.05, 0.1) is 5.39 Å². The van der Waals surface area contributed by atoms with Crippen molar-refractivity contribution in [3.05, 3.63) is 16.2 Å². The van der Waals surface area contributed by atoms with Crippen LogP contribution in [-0.4, -0.2) is 48.1 Å². The summed E-state index contributed by atoms with van der Waals surface area (Å²) in [6, 6.07) is 2.57. The Morgan fingerprint density at radius 3 is 2.57 bits per heavy atom. The molecule has 2 aromatic rings. The van der Waals surface area contributed by atoms with E-state index < -0.39 is 0 Å². The molecule has 0 bridgehead atoms. The Labute approximate surface area is 135 Å². The van der Waals surface area contributed by atoms with Crippen molar-refractivity contribution >= 4 is 39.0 Å². The second kappa shape index (κ2) is 6.90. The molecular weight excluding hydrogens is 304 g/mol. The highest BCUT2D eigenvalue weighted by Crippen LogP contribution is 2.33. The Hall–Kier alpha value is -0.910. The number of aromatic nitrogens is 2. The molecule has 116 valence electrons. The molecule has 6 heteroatoms. The van der Waals surface area contributed by atoms with Crippen LogP contribution in [-0.2, 0) is 6.42 Å². The first-order chi connectivity index (χ1) is 9.96. The number of likely N-dealkylation sites (N-methyl/N-ethyl adjacent to an activating group) is 2. The van der Waals surface area contributed by atoms with Gasteiger partial charge in [-0.05, 0) is 52.0 Å². The number of anilines is 1. The maximum atomic E-state index is 6.14. The lowest BCUT2D eigenvalue weighted by Crippen LogP contribution is -2.40. The van der Waals surface area contributed by atoms with Gasteiger partial charge >= 0.3 is 0 Å². The van der Waals surface area contributed by atoms with Gasteiger partial charge in [0.15, 0.2) is 0 Å². The van der Waals surface area contributed by atoms with Crippen LogP contribution in [0.25, 0.3) is 10.2 Å². The van der Waals surface area contributed by atoms with Gasteiger partial charge in [-0.3, -0.25) is 0 Å². The minimum Gasteiger partial charge on any atom is -0.352 e. The Bertz CT molecular complexity index is 611. The average molecular weight is 327 g/mol. The largest absolute Gasteiger partial charge is 0.352 e. The molecule has 0 radical (unpaired) electrons. The number of fused-ring (bicyclic) bond motifs is 1. The summed E-state index contributed by atoms with van der Waals surface area (Å²) in [5.41, 5.74) is 0. The fourth-order valence-corrected chi connectivity index (χ4v) is 3.80. The Balaban J connectivity index is 2.49. The number of hydrogen-bond acceptors (Lipinski definition) is 5. The van der Waals surface area contributed by atoms with Crippen molar-refractivity contribution in [3.8, 4) is 0 Å². The van der Waals surface area contributed by atoms with Gasteiger partial charge in [-0.15, -0.1) is 11.3 Å². The van der Waals surface area contributed by atoms with Crippen molar-refractivity contribution in [2.24, 2.45) is 0 Å². The minimum atomic E-state index is 0.331. The van der Waals surface area contributed by atoms with E-state index in [1.165, 1.54) is 4.88 Å². The zero-order valence-electron chi connectivity index (χ0n) is 13.4. The molecule has 0 saturated heterocycles. The third kappa shape index (κ3) is 3.65. The van der Waals surface area contributed by atoms with Gasteiger partial charge in [0.2, 0.25) is 5.28 Å². The molecule has 2 aromatic heterocycles. The van der Waals surface area contributed by atoms with Crippen molar-refractivity contribution < 1.29 is 0 Å². The number of hydrogen-bond donors (Lipinski definition) is 0. The van der Waals surface area contributed by atoms with Gasteiger partial charge < -0.3 is 9.80 Å². The van der Waals surface area contributed by atoms with E-state index in [1.807, 2.05) is 0 Å². The van der Waals surface area contributed by atoms with Crippen LogP contribution < -0.4 is 4.90 Å². The SMILES string of the molecule is CCc1cc2c(N(CC)C(C)CN(C)C)nc(Cl)nc2s1. The van der Waals surface area contributed by atoms with Crippen molar-refractivity contribution in [1.82, 2.24) is 14.9 Å². The third-order valence-electron chi connectivity index (χ3n) is 3.52. The van der Waals surface area contributed by atoms with E-state index in [1.54, 1.807) is 11.3 Å². The molecule has 0 aromatic carbocycles. The van der Waals surface area contributed by atoms with Gasteiger partial charge in [-0.1, -0.05) is 6.92 Å². The van der Waals surface area contributed by atoms with Crippen LogP contribution in [0.5, 0.6) is 0 Å². The number of aryl methyl sites for hydroxylation is 1. The van der Waals surface area contributed by atoms with Gasteiger partial charge in [0.25, 0.3) is 0 Å². The summed E-state index contributed by atoms with van der Waals surface area (Å²) in [5, 5.41) is 1.45. The lowest BCUT2D eigenvalue weighted by atomic mass is 10.2. The van der Waals surface area contributed by atoms with Crippen LogP contribution in [0.15, 0.2) is 6.07 Å². The first-order valence-corrected chi connectivity index (χ1v) is 8.53. The van der Waals surface area contributed by atoms with E-state index in [2.05, 4.69) is 60.7 Å². The third-order valence-corrected chi connectivity index (χ3v) is 4.86. The van der Waals surface area contributed by atoms with E-state index >= 15 is 0 Å². The summed E-state index contributed by atoms with van der Waals surface area (Å²) in [6.07, 6.45) is 1.01. The van der Waals surface area contributed by atoms with Crippen molar-refractivity contribution in [3.63, 3.8) is 0 Å². The second-order valence-electron chi connectivity index (χ2n) is 5.50. The summed E-state index contributed by atoms with van der Waals surface area (Å²) >= 11 is 7.84. The van der Waals surface area contributed by atoms with E-state index in [4.69, 9.17) is 11.6 Å². The molecule has 4 nitrogen and oxygen atoms in total. The smallest absolute Gasteiger partial charge is 0.225 e. The maximum absolute atomic E-state index is 6.14. The van der Waals surface area contributed by atoms with E-state index in [-0.39, 0.29) is 0 Å². The first kappa shape index (κ1) is 16.5. The van der Waals surface area contributed by atoms with Gasteiger partial charge in [0, 0.05) is 24.0 Å². The summed E-state index contributed by atoms with van der Waals surface area (Å²) in [6.45, 7) is 8.40. The van der Waals surface area contributed by atoms with Crippen LogP contribution in [0.2, 0.25) is 5.28 Å². The molecule has 0 fully saturated rings. The Kier molecular flexibility index (Phi) is 5.41. The molecule has 2 heterocycles. The molecule has 0 amide bonds. The Morgan fingerprint density at radius 1 is 1.29 bits per heavy atom. The zero-order valence-corrected chi connectivity index (χ0v) is 14.9. The van der Waals surface area contributed by atoms with Crippen LogP contribution in [0.1, 0.15) is 25.6 Å². The molecule has 0 aliphatic heterocycles. The number of rotatable bonds is 6. The molecular formula is C15H23ClN4S. The molecule has 1 atom stereocenters. The van der Waals surface area contributed by atoms with E-state index in [0.717, 1.165) is 35.5 Å². The highest BCUT2D eigenvalue weighted by atomic mass is 35.5. The lowest BCUT2D eigenvalue weighted by Gasteiger charge is -2.31. The van der Waals surface area contributed by atoms with E-state index in [9.17, 15) is 0 Å². The maximum Gasteiger partial charge on any atom is 0.225 e. The van der Waals surface area contributed by atoms with E-state index in [0.29, 0.717) is 11.3 Å². The highest BCUT2D eigenvalue weighted by molar-refractivity contribution is 7.18. The number of halogens is 1. The van der Waals surface area contributed by atoms with Gasteiger partial charge in [0.1, 0.15) is 10.6 Å². The predicted octanol–water partition coefficient (Wildman–Crippen LogP) is 3.68. The minimum absolute atomic E-state index is 0.331. The van der Waals surface area contributed by atoms with Crippen molar-refractivity contribution in [2.45, 2.75) is 33.2 Å². The average Bonchev–Trinajstić information content (AvgIpc) is 2.81. The monoisotopic (exact) mass is 326 g/mol. The first-order valence-electron chi connectivity index (χ1n) is 7.33. The zero-order chi connectivity index (χ0) is 15.6. The summed E-state index contributed by atoms with van der Waals surface area (Å²) in [7, 11) is 4.18. The lowest BCUT2D eigenvalue weighted by molar-refractivity contribution is 0.372. The Morgan fingerprint density at radius 2 is 2.00 bits per heavy atom. The van der Waals surface area contributed by atoms with Gasteiger partial charge in [-0.2, -0.15) is 4.98 Å². The molecule has 2 rings (SSSR count). The molecule has 1 unspecified atom stereocenters. The van der Waals surface area contributed by atoms with Crippen LogP contribution in [0, 0.1) is 0 Å². The number of nitrogens with zero attached hydrogens (tertiary/aromatic N) is 4. The molecule has 0 aliphatic rings. The summed E-state index contributed by atoms with van der Waals surface area (Å²) in [5.74, 6) is 0.956. The predicted molar refractivity (Wildman–Crippen MR) is 92.8 cm³/mol. The van der Waals surface area contributed by atoms with Crippen LogP contribution in [0.3, 0.4) is 0 Å². The van der Waals surface area contributed by atoms with Crippen LogP contribution in [0.4, 0.5) is 5.82 Å². The molecule has 21 heavy (non-hydrogen) atoms. The standard InChI is InChI=1S/C15H23ClN4S/c1-6-11-8-12-13(17-15(16)18-14(12)21-11)20(7-2)10(3)9-19(4)5/h8,10H,6-7,9H2,1-5H3. The second-order valence-corrected chi connectivity index (χ2v) is 6.95. The summed E-state index contributed by atoms with van der Waals surface area (Å²) < 4.78 is 0. The normalized spacial score (nSPS) is 13.1. The van der Waals surface area contributed by atoms with Gasteiger partial charge in [-0.25, -0.2) is 4.98 Å². The fourth-order valence-electron chi connectivity index (χ4n) is 2.62. The summed E-state index contributed by atoms with van der Waals surface area (Å²) in [4.78, 5) is 15.7. The van der Waals surface area contributed by atoms with Crippen molar-refractivity contribution in [2.75, 3.05) is 32.1 Å². The number of thiophene rings is 1. The van der Waals surface area contributed by atoms with Crippen molar-refractivity contribution in [1.29, 1.82) is 0 Å². The molecule has 0 spiro atoms.